The lowest BCUT2D eigenvalue weighted by Gasteiger charge is -2.12. The Hall–Kier alpha value is -0.920. The van der Waals surface area contributed by atoms with Crippen molar-refractivity contribution in [1.82, 2.24) is 19.8 Å². The predicted octanol–water partition coefficient (Wildman–Crippen LogP) is 0.569. The van der Waals surface area contributed by atoms with Gasteiger partial charge in [0.25, 0.3) is 0 Å². The van der Waals surface area contributed by atoms with E-state index in [1.54, 1.807) is 10.9 Å². The lowest BCUT2D eigenvalue weighted by molar-refractivity contribution is 0.529. The van der Waals surface area contributed by atoms with Crippen LogP contribution in [0.2, 0.25) is 0 Å². The Labute approximate surface area is 114 Å². The van der Waals surface area contributed by atoms with Crippen LogP contribution in [0.5, 0.6) is 0 Å². The van der Waals surface area contributed by atoms with Gasteiger partial charge >= 0.3 is 0 Å². The molecule has 0 aromatic carbocycles. The number of hydrogen-bond donors (Lipinski definition) is 2. The lowest BCUT2D eigenvalue weighted by atomic mass is 10.2. The Morgan fingerprint density at radius 1 is 1.53 bits per heavy atom. The lowest BCUT2D eigenvalue weighted by Crippen LogP contribution is -2.32. The van der Waals surface area contributed by atoms with Gasteiger partial charge in [-0.2, -0.15) is 5.10 Å². The maximum Gasteiger partial charge on any atom is 0.243 e. The first-order chi connectivity index (χ1) is 9.01. The zero-order chi connectivity index (χ0) is 13.9. The monoisotopic (exact) mass is 286 g/mol. The quantitative estimate of drug-likeness (QED) is 0.732. The van der Waals surface area contributed by atoms with Crippen LogP contribution in [0.25, 0.3) is 0 Å². The van der Waals surface area contributed by atoms with Crippen molar-refractivity contribution < 1.29 is 8.42 Å². The largest absolute Gasteiger partial charge is 0.318 e. The van der Waals surface area contributed by atoms with Crippen molar-refractivity contribution in [3.8, 4) is 0 Å². The molecule has 0 saturated heterocycles. The highest BCUT2D eigenvalue weighted by atomic mass is 32.2. The number of nitrogens with one attached hydrogen (secondary N) is 2. The molecule has 0 spiro atoms. The molecule has 1 aromatic rings. The minimum Gasteiger partial charge on any atom is -0.318 e. The summed E-state index contributed by atoms with van der Waals surface area (Å²) in [6.45, 7) is 3.33. The van der Waals surface area contributed by atoms with Gasteiger partial charge in [-0.1, -0.05) is 12.8 Å². The molecule has 0 radical (unpaired) electrons. The number of rotatable bonds is 8. The molecular weight excluding hydrogens is 264 g/mol. The maximum absolute atomic E-state index is 12.2. The van der Waals surface area contributed by atoms with Gasteiger partial charge in [-0.15, -0.1) is 0 Å². The SMILES string of the molecule is CNCCn1cc(S(=O)(=O)NC(C)CC2CC2)cn1. The standard InChI is InChI=1S/C12H22N4O2S/c1-10(7-11-3-4-11)15-19(17,18)12-8-14-16(9-12)6-5-13-2/h8-11,13,15H,3-7H2,1-2H3. The second kappa shape index (κ2) is 6.02. The Morgan fingerprint density at radius 2 is 2.26 bits per heavy atom. The van der Waals surface area contributed by atoms with Crippen molar-refractivity contribution in [2.75, 3.05) is 13.6 Å². The van der Waals surface area contributed by atoms with E-state index in [1.807, 2.05) is 14.0 Å². The molecule has 2 N–H and O–H groups in total. The van der Waals surface area contributed by atoms with Crippen LogP contribution in [0.3, 0.4) is 0 Å². The fourth-order valence-corrected chi connectivity index (χ4v) is 3.27. The van der Waals surface area contributed by atoms with Crippen LogP contribution >= 0.6 is 0 Å². The highest BCUT2D eigenvalue weighted by Gasteiger charge is 2.26. The zero-order valence-electron chi connectivity index (χ0n) is 11.5. The first-order valence-corrected chi connectivity index (χ1v) is 8.19. The van der Waals surface area contributed by atoms with Gasteiger partial charge in [0.15, 0.2) is 0 Å². The average molecular weight is 286 g/mol. The molecule has 108 valence electrons. The summed E-state index contributed by atoms with van der Waals surface area (Å²) in [5.74, 6) is 0.705. The topological polar surface area (TPSA) is 76.0 Å². The van der Waals surface area contributed by atoms with Gasteiger partial charge in [0.2, 0.25) is 10.0 Å². The Bertz CT molecular complexity index is 508. The van der Waals surface area contributed by atoms with E-state index in [1.165, 1.54) is 19.0 Å². The smallest absolute Gasteiger partial charge is 0.243 e. The summed E-state index contributed by atoms with van der Waals surface area (Å²) in [6.07, 6.45) is 6.36. The van der Waals surface area contributed by atoms with E-state index >= 15 is 0 Å². The summed E-state index contributed by atoms with van der Waals surface area (Å²) in [5, 5.41) is 7.06. The first-order valence-electron chi connectivity index (χ1n) is 6.70. The molecule has 1 atom stereocenters. The van der Waals surface area contributed by atoms with Gasteiger partial charge in [0, 0.05) is 18.8 Å². The van der Waals surface area contributed by atoms with Crippen LogP contribution in [0, 0.1) is 5.92 Å². The molecule has 7 heteroatoms. The number of sulfonamides is 1. The molecule has 0 bridgehead atoms. The van der Waals surface area contributed by atoms with Gasteiger partial charge in [-0.05, 0) is 26.3 Å². The number of likely N-dealkylation sites (N-methyl/N-ethyl adjacent to an activating group) is 1. The van der Waals surface area contributed by atoms with Crippen LogP contribution in [-0.2, 0) is 16.6 Å². The third-order valence-electron chi connectivity index (χ3n) is 3.25. The highest BCUT2D eigenvalue weighted by molar-refractivity contribution is 7.89. The van der Waals surface area contributed by atoms with Crippen LogP contribution in [0.15, 0.2) is 17.3 Å². The van der Waals surface area contributed by atoms with E-state index in [0.717, 1.165) is 13.0 Å². The Balaban J connectivity index is 1.95. The molecule has 19 heavy (non-hydrogen) atoms. The molecule has 1 unspecified atom stereocenters. The van der Waals surface area contributed by atoms with Crippen molar-refractivity contribution >= 4 is 10.0 Å². The van der Waals surface area contributed by atoms with E-state index in [9.17, 15) is 8.42 Å². The van der Waals surface area contributed by atoms with Crippen molar-refractivity contribution in [2.45, 2.75) is 43.7 Å². The fraction of sp³-hybridized carbons (Fsp3) is 0.750. The molecule has 6 nitrogen and oxygen atoms in total. The Morgan fingerprint density at radius 3 is 2.89 bits per heavy atom. The molecule has 2 rings (SSSR count). The number of nitrogens with zero attached hydrogens (tertiary/aromatic N) is 2. The van der Waals surface area contributed by atoms with Gasteiger partial charge in [0.05, 0.1) is 12.7 Å². The maximum atomic E-state index is 12.2. The summed E-state index contributed by atoms with van der Waals surface area (Å²) < 4.78 is 28.7. The number of aromatic nitrogens is 2. The highest BCUT2D eigenvalue weighted by Crippen LogP contribution is 2.33. The molecule has 0 aliphatic heterocycles. The van der Waals surface area contributed by atoms with Crippen molar-refractivity contribution in [1.29, 1.82) is 0 Å². The molecule has 1 aromatic heterocycles. The summed E-state index contributed by atoms with van der Waals surface area (Å²) in [4.78, 5) is 0.242. The molecule has 1 aliphatic rings. The van der Waals surface area contributed by atoms with E-state index in [2.05, 4.69) is 15.1 Å². The zero-order valence-corrected chi connectivity index (χ0v) is 12.3. The third-order valence-corrected chi connectivity index (χ3v) is 4.79. The molecular formula is C12H22N4O2S. The molecule has 1 saturated carbocycles. The van der Waals surface area contributed by atoms with Crippen LogP contribution in [-0.4, -0.2) is 37.8 Å². The fourth-order valence-electron chi connectivity index (χ4n) is 2.07. The third kappa shape index (κ3) is 4.29. The molecule has 0 amide bonds. The predicted molar refractivity (Wildman–Crippen MR) is 73.3 cm³/mol. The average Bonchev–Trinajstić information content (AvgIpc) is 3.00. The molecule has 1 fully saturated rings. The van der Waals surface area contributed by atoms with Crippen LogP contribution in [0.4, 0.5) is 0 Å². The van der Waals surface area contributed by atoms with Gasteiger partial charge < -0.3 is 5.32 Å². The summed E-state index contributed by atoms with van der Waals surface area (Å²) in [7, 11) is -1.59. The molecule has 1 aliphatic carbocycles. The summed E-state index contributed by atoms with van der Waals surface area (Å²) in [5.41, 5.74) is 0. The molecule has 1 heterocycles. The normalized spacial score (nSPS) is 17.6. The summed E-state index contributed by atoms with van der Waals surface area (Å²) >= 11 is 0. The second-order valence-electron chi connectivity index (χ2n) is 5.24. The summed E-state index contributed by atoms with van der Waals surface area (Å²) in [6, 6.07) is -0.0156. The van der Waals surface area contributed by atoms with Gasteiger partial charge in [0.1, 0.15) is 4.90 Å². The van der Waals surface area contributed by atoms with E-state index in [0.29, 0.717) is 12.5 Å². The van der Waals surface area contributed by atoms with E-state index < -0.39 is 10.0 Å². The van der Waals surface area contributed by atoms with Gasteiger partial charge in [-0.3, -0.25) is 4.68 Å². The minimum absolute atomic E-state index is 0.0156. The van der Waals surface area contributed by atoms with Crippen LogP contribution in [0.1, 0.15) is 26.2 Å². The first kappa shape index (κ1) is 14.5. The number of hydrogen-bond acceptors (Lipinski definition) is 4. The van der Waals surface area contributed by atoms with Crippen LogP contribution < -0.4 is 10.0 Å². The van der Waals surface area contributed by atoms with E-state index in [4.69, 9.17) is 0 Å². The van der Waals surface area contributed by atoms with E-state index in [-0.39, 0.29) is 10.9 Å². The minimum atomic E-state index is -3.44. The van der Waals surface area contributed by atoms with Crippen molar-refractivity contribution in [3.63, 3.8) is 0 Å². The van der Waals surface area contributed by atoms with Gasteiger partial charge in [-0.25, -0.2) is 13.1 Å². The van der Waals surface area contributed by atoms with Crippen molar-refractivity contribution in [2.24, 2.45) is 5.92 Å². The van der Waals surface area contributed by atoms with Crippen molar-refractivity contribution in [3.05, 3.63) is 12.4 Å². The Kier molecular flexibility index (Phi) is 4.59. The second-order valence-corrected chi connectivity index (χ2v) is 6.96.